The molecule has 6 aromatic rings. The van der Waals surface area contributed by atoms with Crippen LogP contribution < -0.4 is 10.6 Å². The quantitative estimate of drug-likeness (QED) is 0.0934. The number of hydroxylamine groups is 2. The maximum atomic E-state index is 13.9. The second kappa shape index (κ2) is 19.8. The molecule has 0 saturated carbocycles. The molecule has 2 atom stereocenters. The Labute approximate surface area is 363 Å². The SMILES string of the molecule is CCCc1c(CON2CCC[C@H]2C(=O)Nc2ccc(/C=C/c3ccc(NC(=O)[C@@H]4CCCN4C(=O)c4cnn(-c5ccccc5)c4CCC)cc3)cc2)cnn1-c1ccccc1. The zero-order valence-electron chi connectivity index (χ0n) is 35.5. The van der Waals surface area contributed by atoms with E-state index in [0.717, 1.165) is 83.7 Å². The molecule has 0 aliphatic carbocycles. The van der Waals surface area contributed by atoms with E-state index in [1.165, 1.54) is 0 Å². The molecule has 2 aliphatic rings. The summed E-state index contributed by atoms with van der Waals surface area (Å²) in [7, 11) is 0. The average Bonchev–Trinajstić information content (AvgIpc) is 4.14. The minimum absolute atomic E-state index is 0.0871. The molecule has 2 aromatic heterocycles. The summed E-state index contributed by atoms with van der Waals surface area (Å²) < 4.78 is 3.82. The van der Waals surface area contributed by atoms with Gasteiger partial charge in [-0.25, -0.2) is 9.36 Å². The van der Waals surface area contributed by atoms with Gasteiger partial charge < -0.3 is 15.5 Å². The van der Waals surface area contributed by atoms with Gasteiger partial charge in [0, 0.05) is 35.7 Å². The number of likely N-dealkylation sites (tertiary alicyclic amines) is 1. The van der Waals surface area contributed by atoms with E-state index in [9.17, 15) is 14.4 Å². The van der Waals surface area contributed by atoms with E-state index >= 15 is 0 Å². The number of carbonyl (C=O) groups excluding carboxylic acids is 3. The molecule has 12 nitrogen and oxygen atoms in total. The molecular weight excluding hydrogens is 777 g/mol. The third-order valence-electron chi connectivity index (χ3n) is 11.6. The van der Waals surface area contributed by atoms with Gasteiger partial charge in [0.2, 0.25) is 11.8 Å². The highest BCUT2D eigenvalue weighted by Gasteiger charge is 2.36. The van der Waals surface area contributed by atoms with Gasteiger partial charge in [0.15, 0.2) is 0 Å². The smallest absolute Gasteiger partial charge is 0.258 e. The van der Waals surface area contributed by atoms with Crippen molar-refractivity contribution in [3.8, 4) is 11.4 Å². The van der Waals surface area contributed by atoms with Crippen molar-refractivity contribution >= 4 is 41.2 Å². The molecule has 62 heavy (non-hydrogen) atoms. The molecule has 2 fully saturated rings. The fourth-order valence-electron chi connectivity index (χ4n) is 8.39. The Bertz CT molecular complexity index is 2480. The molecule has 0 unspecified atom stereocenters. The maximum Gasteiger partial charge on any atom is 0.258 e. The van der Waals surface area contributed by atoms with Crippen molar-refractivity contribution in [3.05, 3.63) is 155 Å². The van der Waals surface area contributed by atoms with Crippen molar-refractivity contribution < 1.29 is 19.2 Å². The summed E-state index contributed by atoms with van der Waals surface area (Å²) in [6.07, 6.45) is 13.9. The van der Waals surface area contributed by atoms with Crippen LogP contribution in [0.5, 0.6) is 0 Å². The highest BCUT2D eigenvalue weighted by atomic mass is 16.7. The van der Waals surface area contributed by atoms with Gasteiger partial charge in [0.05, 0.1) is 41.6 Å². The number of nitrogens with one attached hydrogen (secondary N) is 2. The van der Waals surface area contributed by atoms with Crippen LogP contribution in [0.25, 0.3) is 23.5 Å². The standard InChI is InChI=1S/C50H54N8O4/c1-3-13-44-38(33-51-57(44)41-15-7-5-8-16-41)35-62-56-32-12-20-47(56)49(60)54-40-29-25-37(26-30-40)22-21-36-23-27-39(28-24-36)53-48(59)46-19-11-31-55(46)50(61)43-34-52-58(45(43)14-4-2)42-17-9-6-10-18-42/h5-10,15-18,21-30,33-34,46-47H,3-4,11-14,19-20,31-32,35H2,1-2H3,(H,53,59)(H,54,60)/b22-21+/t46-,47-/m0/s1. The third kappa shape index (κ3) is 9.62. The highest BCUT2D eigenvalue weighted by Crippen LogP contribution is 2.27. The van der Waals surface area contributed by atoms with Gasteiger partial charge in [0.1, 0.15) is 12.1 Å². The Kier molecular flexibility index (Phi) is 13.5. The molecule has 2 aliphatic heterocycles. The predicted molar refractivity (Wildman–Crippen MR) is 243 cm³/mol. The van der Waals surface area contributed by atoms with Gasteiger partial charge in [-0.1, -0.05) is 99.5 Å². The molecule has 12 heteroatoms. The van der Waals surface area contributed by atoms with E-state index in [-0.39, 0.29) is 23.8 Å². The van der Waals surface area contributed by atoms with E-state index in [2.05, 4.69) is 34.7 Å². The van der Waals surface area contributed by atoms with Crippen molar-refractivity contribution in [2.45, 2.75) is 83.9 Å². The molecule has 2 saturated heterocycles. The van der Waals surface area contributed by atoms with Gasteiger partial charge in [0.25, 0.3) is 5.91 Å². The first-order chi connectivity index (χ1) is 30.4. The topological polar surface area (TPSA) is 127 Å². The van der Waals surface area contributed by atoms with Gasteiger partial charge in [-0.15, -0.1) is 0 Å². The zero-order valence-corrected chi connectivity index (χ0v) is 35.5. The monoisotopic (exact) mass is 830 g/mol. The van der Waals surface area contributed by atoms with Crippen LogP contribution in [0.2, 0.25) is 0 Å². The normalized spacial score (nSPS) is 16.6. The largest absolute Gasteiger partial charge is 0.326 e. The summed E-state index contributed by atoms with van der Waals surface area (Å²) in [5.41, 5.74) is 8.83. The Balaban J connectivity index is 0.828. The minimum atomic E-state index is -0.559. The van der Waals surface area contributed by atoms with Crippen LogP contribution in [0.4, 0.5) is 11.4 Å². The number of amides is 3. The summed E-state index contributed by atoms with van der Waals surface area (Å²) in [6.45, 7) is 5.81. The van der Waals surface area contributed by atoms with Crippen LogP contribution in [0.1, 0.15) is 90.8 Å². The fraction of sp³-hybridized carbons (Fsp3) is 0.300. The van der Waals surface area contributed by atoms with E-state index < -0.39 is 6.04 Å². The molecule has 4 aromatic carbocycles. The van der Waals surface area contributed by atoms with E-state index in [1.54, 1.807) is 11.1 Å². The molecule has 8 rings (SSSR count). The first kappa shape index (κ1) is 42.1. The molecule has 0 bridgehead atoms. The summed E-state index contributed by atoms with van der Waals surface area (Å²) in [4.78, 5) is 48.8. The summed E-state index contributed by atoms with van der Waals surface area (Å²) in [6, 6.07) is 34.4. The fourth-order valence-corrected chi connectivity index (χ4v) is 8.39. The number of carbonyl (C=O) groups is 3. The lowest BCUT2D eigenvalue weighted by atomic mass is 10.1. The zero-order chi connectivity index (χ0) is 42.8. The van der Waals surface area contributed by atoms with Gasteiger partial charge >= 0.3 is 0 Å². The Hall–Kier alpha value is -6.63. The number of hydrogen-bond acceptors (Lipinski definition) is 7. The summed E-state index contributed by atoms with van der Waals surface area (Å²) in [5, 5.41) is 17.2. The van der Waals surface area contributed by atoms with Crippen LogP contribution >= 0.6 is 0 Å². The lowest BCUT2D eigenvalue weighted by molar-refractivity contribution is -0.182. The van der Waals surface area contributed by atoms with Crippen molar-refractivity contribution in [2.75, 3.05) is 23.7 Å². The molecule has 3 amide bonds. The minimum Gasteiger partial charge on any atom is -0.326 e. The molecule has 318 valence electrons. The third-order valence-corrected chi connectivity index (χ3v) is 11.6. The maximum absolute atomic E-state index is 13.9. The van der Waals surface area contributed by atoms with Crippen molar-refractivity contribution in [1.29, 1.82) is 0 Å². The number of anilines is 2. The number of aromatic nitrogens is 4. The van der Waals surface area contributed by atoms with Crippen LogP contribution in [0.3, 0.4) is 0 Å². The van der Waals surface area contributed by atoms with Crippen LogP contribution in [-0.4, -0.2) is 72.4 Å². The van der Waals surface area contributed by atoms with Gasteiger partial charge in [-0.3, -0.25) is 19.2 Å². The average molecular weight is 831 g/mol. The Morgan fingerprint density at radius 2 is 1.16 bits per heavy atom. The van der Waals surface area contributed by atoms with Crippen LogP contribution in [0.15, 0.2) is 122 Å². The second-order valence-corrected chi connectivity index (χ2v) is 15.9. The first-order valence-corrected chi connectivity index (χ1v) is 21.8. The first-order valence-electron chi connectivity index (χ1n) is 21.8. The molecule has 0 spiro atoms. The molecule has 2 N–H and O–H groups in total. The lowest BCUT2D eigenvalue weighted by Crippen LogP contribution is -2.43. The van der Waals surface area contributed by atoms with Crippen LogP contribution in [0, 0.1) is 0 Å². The summed E-state index contributed by atoms with van der Waals surface area (Å²) >= 11 is 0. The van der Waals surface area contributed by atoms with E-state index in [1.807, 2.05) is 142 Å². The predicted octanol–water partition coefficient (Wildman–Crippen LogP) is 8.91. The number of rotatable bonds is 16. The molecule has 0 radical (unpaired) electrons. The number of benzene rings is 4. The van der Waals surface area contributed by atoms with Crippen LogP contribution in [-0.2, 0) is 33.9 Å². The number of hydrogen-bond donors (Lipinski definition) is 2. The Morgan fingerprint density at radius 1 is 0.645 bits per heavy atom. The van der Waals surface area contributed by atoms with Gasteiger partial charge in [-0.05, 0) is 98.2 Å². The number of para-hydroxylation sites is 2. The highest BCUT2D eigenvalue weighted by molar-refractivity contribution is 6.02. The lowest BCUT2D eigenvalue weighted by Gasteiger charge is -2.24. The Morgan fingerprint density at radius 3 is 1.76 bits per heavy atom. The van der Waals surface area contributed by atoms with Crippen molar-refractivity contribution in [2.24, 2.45) is 0 Å². The molecule has 4 heterocycles. The van der Waals surface area contributed by atoms with Crippen molar-refractivity contribution in [1.82, 2.24) is 29.5 Å². The van der Waals surface area contributed by atoms with E-state index in [0.29, 0.717) is 43.8 Å². The second-order valence-electron chi connectivity index (χ2n) is 15.9. The number of nitrogens with zero attached hydrogens (tertiary/aromatic N) is 6. The summed E-state index contributed by atoms with van der Waals surface area (Å²) in [5.74, 6) is -0.438. The van der Waals surface area contributed by atoms with E-state index in [4.69, 9.17) is 4.84 Å². The molecular formula is C50H54N8O4. The van der Waals surface area contributed by atoms with Gasteiger partial charge in [-0.2, -0.15) is 15.3 Å². The van der Waals surface area contributed by atoms with Crippen molar-refractivity contribution in [3.63, 3.8) is 0 Å².